The number of aliphatic hydroxyl groups is 1. The van der Waals surface area contributed by atoms with Gasteiger partial charge in [-0.1, -0.05) is 140 Å². The summed E-state index contributed by atoms with van der Waals surface area (Å²) in [7, 11) is 1.22. The Balaban J connectivity index is 4.11. The van der Waals surface area contributed by atoms with Crippen LogP contribution < -0.4 is 10.2 Å². The summed E-state index contributed by atoms with van der Waals surface area (Å²) in [6.45, 7) is 4.34. The zero-order valence-corrected chi connectivity index (χ0v) is 32.6. The van der Waals surface area contributed by atoms with E-state index in [1.54, 1.807) is 6.08 Å². The second-order valence-electron chi connectivity index (χ2n) is 14.3. The number of rotatable bonds is 34. The van der Waals surface area contributed by atoms with E-state index >= 15 is 0 Å². The average molecular weight is 699 g/mol. The van der Waals surface area contributed by atoms with Crippen molar-refractivity contribution in [2.24, 2.45) is 0 Å². The number of phosphoric ester groups is 1. The summed E-state index contributed by atoms with van der Waals surface area (Å²) in [6, 6.07) is -0.901. The van der Waals surface area contributed by atoms with Gasteiger partial charge >= 0.3 is 0 Å². The molecule has 8 nitrogen and oxygen atoms in total. The number of unbranched alkanes of at least 4 members (excludes halogenated alkanes) is 17. The molecule has 0 aromatic rings. The zero-order valence-electron chi connectivity index (χ0n) is 31.7. The van der Waals surface area contributed by atoms with Gasteiger partial charge in [0.1, 0.15) is 13.2 Å². The zero-order chi connectivity index (χ0) is 35.8. The smallest absolute Gasteiger partial charge is 0.268 e. The Hall–Kier alpha value is -1.28. The van der Waals surface area contributed by atoms with Crippen LogP contribution in [0, 0.1) is 0 Å². The molecule has 0 rings (SSSR count). The van der Waals surface area contributed by atoms with Gasteiger partial charge in [0.15, 0.2) is 0 Å². The highest BCUT2D eigenvalue weighted by Gasteiger charge is 2.23. The van der Waals surface area contributed by atoms with Crippen molar-refractivity contribution in [2.75, 3.05) is 40.9 Å². The van der Waals surface area contributed by atoms with E-state index in [9.17, 15) is 19.4 Å². The lowest BCUT2D eigenvalue weighted by Crippen LogP contribution is -2.45. The van der Waals surface area contributed by atoms with Crippen LogP contribution in [0.5, 0.6) is 0 Å². The third-order valence-electron chi connectivity index (χ3n) is 8.33. The largest absolute Gasteiger partial charge is 0.756 e. The van der Waals surface area contributed by atoms with E-state index in [4.69, 9.17) is 9.05 Å². The first-order valence-corrected chi connectivity index (χ1v) is 20.8. The Kier molecular flexibility index (Phi) is 30.8. The van der Waals surface area contributed by atoms with E-state index in [2.05, 4.69) is 36.5 Å². The number of nitrogens with one attached hydrogen (secondary N) is 1. The summed E-state index contributed by atoms with van der Waals surface area (Å²) in [5, 5.41) is 13.4. The standard InChI is InChI=1S/C39H75N2O6P/c1-6-8-10-11-12-13-14-15-16-17-18-19-20-21-22-23-24-25-26-27-28-29-30-31-32-38(42)37(40-39(43)33-9-7-2)36-47-48(44,45)46-35-34-41(3,4)5/h23-24,27-28,31-32,37-38,42H,6-22,25-26,29-30,33-36H2,1-5H3,(H-,40,43,44,45)/b24-23+,28-27+,32-31+. The molecule has 3 atom stereocenters. The van der Waals surface area contributed by atoms with Crippen molar-refractivity contribution in [3.05, 3.63) is 36.5 Å². The molecule has 0 aromatic heterocycles. The molecular weight excluding hydrogens is 623 g/mol. The maximum Gasteiger partial charge on any atom is 0.268 e. The number of phosphoric acid groups is 1. The first-order valence-electron chi connectivity index (χ1n) is 19.4. The number of hydrogen-bond acceptors (Lipinski definition) is 6. The number of aliphatic hydroxyl groups excluding tert-OH is 1. The van der Waals surface area contributed by atoms with E-state index < -0.39 is 26.6 Å². The van der Waals surface area contributed by atoms with Crippen LogP contribution in [0.1, 0.15) is 155 Å². The number of likely N-dealkylation sites (N-methyl/N-ethyl adjacent to an activating group) is 1. The maximum atomic E-state index is 12.3. The van der Waals surface area contributed by atoms with E-state index in [0.29, 0.717) is 23.9 Å². The van der Waals surface area contributed by atoms with Crippen molar-refractivity contribution in [1.82, 2.24) is 5.32 Å². The Morgan fingerprint density at radius 2 is 1.17 bits per heavy atom. The van der Waals surface area contributed by atoms with Crippen molar-refractivity contribution in [2.45, 2.75) is 167 Å². The van der Waals surface area contributed by atoms with Gasteiger partial charge in [-0.15, -0.1) is 0 Å². The molecule has 48 heavy (non-hydrogen) atoms. The molecular formula is C39H75N2O6P. The van der Waals surface area contributed by atoms with Gasteiger partial charge < -0.3 is 28.8 Å². The molecule has 0 fully saturated rings. The van der Waals surface area contributed by atoms with Crippen LogP contribution >= 0.6 is 7.82 Å². The third kappa shape index (κ3) is 33.2. The first-order chi connectivity index (χ1) is 23.0. The molecule has 0 aromatic carbocycles. The van der Waals surface area contributed by atoms with Gasteiger partial charge in [-0.2, -0.15) is 0 Å². The second-order valence-corrected chi connectivity index (χ2v) is 15.7. The molecule has 0 spiro atoms. The first kappa shape index (κ1) is 46.7. The summed E-state index contributed by atoms with van der Waals surface area (Å²) in [6.07, 6.45) is 37.5. The Morgan fingerprint density at radius 3 is 1.67 bits per heavy atom. The van der Waals surface area contributed by atoms with Crippen molar-refractivity contribution in [3.8, 4) is 0 Å². The fraction of sp³-hybridized carbons (Fsp3) is 0.821. The molecule has 0 aliphatic heterocycles. The number of allylic oxidation sites excluding steroid dienone is 5. The molecule has 0 radical (unpaired) electrons. The number of amides is 1. The summed E-state index contributed by atoms with van der Waals surface area (Å²) in [4.78, 5) is 24.5. The van der Waals surface area contributed by atoms with Gasteiger partial charge in [0.05, 0.1) is 39.9 Å². The van der Waals surface area contributed by atoms with Crippen LogP contribution in [0.4, 0.5) is 0 Å². The quantitative estimate of drug-likeness (QED) is 0.0300. The second kappa shape index (κ2) is 31.7. The number of carbonyl (C=O) groups excluding carboxylic acids is 1. The lowest BCUT2D eigenvalue weighted by molar-refractivity contribution is -0.870. The fourth-order valence-electron chi connectivity index (χ4n) is 5.16. The lowest BCUT2D eigenvalue weighted by atomic mass is 10.0. The van der Waals surface area contributed by atoms with E-state index in [1.165, 1.54) is 96.3 Å². The summed E-state index contributed by atoms with van der Waals surface area (Å²) in [5.41, 5.74) is 0. The highest BCUT2D eigenvalue weighted by Crippen LogP contribution is 2.38. The summed E-state index contributed by atoms with van der Waals surface area (Å²) >= 11 is 0. The van der Waals surface area contributed by atoms with Crippen LogP contribution in [0.15, 0.2) is 36.5 Å². The molecule has 0 saturated heterocycles. The minimum Gasteiger partial charge on any atom is -0.756 e. The Bertz CT molecular complexity index is 886. The predicted octanol–water partition coefficient (Wildman–Crippen LogP) is 9.33. The highest BCUT2D eigenvalue weighted by molar-refractivity contribution is 7.45. The predicted molar refractivity (Wildman–Crippen MR) is 201 cm³/mol. The van der Waals surface area contributed by atoms with Crippen molar-refractivity contribution < 1.29 is 32.9 Å². The van der Waals surface area contributed by atoms with Crippen LogP contribution in [0.25, 0.3) is 0 Å². The maximum absolute atomic E-state index is 12.3. The van der Waals surface area contributed by atoms with Crippen LogP contribution in [0.3, 0.4) is 0 Å². The minimum absolute atomic E-state index is 0.0103. The lowest BCUT2D eigenvalue weighted by Gasteiger charge is -2.29. The number of carbonyl (C=O) groups is 1. The molecule has 0 aliphatic carbocycles. The number of nitrogens with zero attached hydrogens (tertiary/aromatic N) is 1. The van der Waals surface area contributed by atoms with Gasteiger partial charge in [0.2, 0.25) is 5.91 Å². The van der Waals surface area contributed by atoms with Crippen LogP contribution in [-0.2, 0) is 18.4 Å². The SMILES string of the molecule is CCCCCCCCCCCCCCCC/C=C/CC/C=C/CC/C=C/C(O)C(COP(=O)([O-])OCC[N+](C)(C)C)NC(=O)CCCC. The number of hydrogen-bond donors (Lipinski definition) is 2. The van der Waals surface area contributed by atoms with E-state index in [1.807, 2.05) is 34.1 Å². The molecule has 1 amide bonds. The Labute approximate surface area is 296 Å². The molecule has 0 heterocycles. The minimum atomic E-state index is -4.57. The fourth-order valence-corrected chi connectivity index (χ4v) is 5.88. The van der Waals surface area contributed by atoms with Crippen molar-refractivity contribution in [3.63, 3.8) is 0 Å². The highest BCUT2D eigenvalue weighted by atomic mass is 31.2. The van der Waals surface area contributed by atoms with E-state index in [0.717, 1.165) is 32.1 Å². The average Bonchev–Trinajstić information content (AvgIpc) is 3.03. The topological polar surface area (TPSA) is 108 Å². The molecule has 0 saturated carbocycles. The van der Waals surface area contributed by atoms with Crippen LogP contribution in [0.2, 0.25) is 0 Å². The normalized spacial score (nSPS) is 15.1. The van der Waals surface area contributed by atoms with Crippen molar-refractivity contribution >= 4 is 13.7 Å². The molecule has 0 aliphatic rings. The summed E-state index contributed by atoms with van der Waals surface area (Å²) in [5.74, 6) is -0.249. The molecule has 9 heteroatoms. The van der Waals surface area contributed by atoms with Gasteiger partial charge in [-0.05, 0) is 44.9 Å². The van der Waals surface area contributed by atoms with Gasteiger partial charge in [0, 0.05) is 6.42 Å². The molecule has 2 N–H and O–H groups in total. The van der Waals surface area contributed by atoms with Gasteiger partial charge in [0.25, 0.3) is 7.82 Å². The Morgan fingerprint density at radius 1 is 0.708 bits per heavy atom. The molecule has 282 valence electrons. The third-order valence-corrected chi connectivity index (χ3v) is 9.29. The number of quaternary nitrogens is 1. The van der Waals surface area contributed by atoms with Gasteiger partial charge in [-0.3, -0.25) is 9.36 Å². The van der Waals surface area contributed by atoms with Gasteiger partial charge in [-0.25, -0.2) is 0 Å². The monoisotopic (exact) mass is 699 g/mol. The van der Waals surface area contributed by atoms with Crippen molar-refractivity contribution in [1.29, 1.82) is 0 Å². The molecule has 3 unspecified atom stereocenters. The van der Waals surface area contributed by atoms with E-state index in [-0.39, 0.29) is 12.5 Å². The summed E-state index contributed by atoms with van der Waals surface area (Å²) < 4.78 is 22.8. The molecule has 0 bridgehead atoms. The van der Waals surface area contributed by atoms with Crippen LogP contribution in [-0.4, -0.2) is 68.5 Å².